The Hall–Kier alpha value is -3.71. The summed E-state index contributed by atoms with van der Waals surface area (Å²) in [7, 11) is 0. The number of carbonyl (C=O) groups is 7. The van der Waals surface area contributed by atoms with Crippen LogP contribution in [-0.2, 0) is 66.7 Å². The molecule has 10 atom stereocenters. The molecule has 66 heavy (non-hydrogen) atoms. The molecule has 0 aromatic carbocycles. The second-order valence-electron chi connectivity index (χ2n) is 23.7. The maximum Gasteiger partial charge on any atom is 0.344 e. The van der Waals surface area contributed by atoms with Gasteiger partial charge in [0, 0.05) is 23.7 Å². The first kappa shape index (κ1) is 50.2. The molecule has 10 rings (SSSR count). The molecule has 2 aliphatic heterocycles. The number of hydrogen-bond acceptors (Lipinski definition) is 14. The predicted octanol–water partition coefficient (Wildman–Crippen LogP) is 7.98. The second-order valence-corrected chi connectivity index (χ2v) is 23.7. The maximum absolute atomic E-state index is 12.8. The molecule has 14 heteroatoms. The Morgan fingerprint density at radius 2 is 1.14 bits per heavy atom. The molecular formula is C52H78O14. The average Bonchev–Trinajstić information content (AvgIpc) is 4.13. The molecular weight excluding hydrogens is 849 g/mol. The molecule has 0 aromatic rings. The Morgan fingerprint density at radius 1 is 0.621 bits per heavy atom. The summed E-state index contributed by atoms with van der Waals surface area (Å²) in [4.78, 5) is 83.8. The Balaban J connectivity index is 0.000000147. The van der Waals surface area contributed by atoms with Crippen LogP contribution in [0.1, 0.15) is 153 Å². The van der Waals surface area contributed by atoms with E-state index >= 15 is 0 Å². The highest BCUT2D eigenvalue weighted by Crippen LogP contribution is 2.62. The quantitative estimate of drug-likeness (QED) is 0.121. The summed E-state index contributed by atoms with van der Waals surface area (Å²) in [6.45, 7) is 21.3. The van der Waals surface area contributed by atoms with Crippen molar-refractivity contribution in [3.05, 3.63) is 0 Å². The minimum atomic E-state index is -0.610. The normalized spacial score (nSPS) is 37.2. The second kappa shape index (κ2) is 19.0. The van der Waals surface area contributed by atoms with Gasteiger partial charge in [-0.3, -0.25) is 24.0 Å². The number of esters is 7. The van der Waals surface area contributed by atoms with Crippen molar-refractivity contribution in [1.29, 1.82) is 0 Å². The van der Waals surface area contributed by atoms with Crippen molar-refractivity contribution in [2.45, 2.75) is 177 Å². The van der Waals surface area contributed by atoms with Gasteiger partial charge in [0.15, 0.2) is 13.2 Å². The Morgan fingerprint density at radius 3 is 1.67 bits per heavy atom. The van der Waals surface area contributed by atoms with Crippen molar-refractivity contribution < 1.29 is 66.7 Å². The molecule has 8 aliphatic carbocycles. The number of carbonyl (C=O) groups excluding carboxylic acids is 7. The Labute approximate surface area is 391 Å². The fourth-order valence-corrected chi connectivity index (χ4v) is 13.4. The standard InChI is InChI=1S/C19H32O2.C17H24O6.C16H22O6/c1-6-18(4,5)17(20)21-19(12(2)3)15-8-13-7-14(10-15)11-16(19)9-13;1-4-17(2,3)16(20)22-8-13(18)23-12-6-9-5-10(12)14-11(9)7-21-15(14)19;1-4-16(2,3)15(19)20-7-11(17)21-12-8-5-9-10(6-8)14(18)22-13(9)12/h12-16H,6-11H2,1-5H3;9-12,14H,4-8H2,1-3H3;8-10,12-13H,4-7H2,1-3H3. The van der Waals surface area contributed by atoms with Crippen molar-refractivity contribution in [3.8, 4) is 0 Å². The van der Waals surface area contributed by atoms with E-state index in [1.165, 1.54) is 32.1 Å². The molecule has 0 radical (unpaired) electrons. The van der Waals surface area contributed by atoms with Gasteiger partial charge < -0.3 is 33.2 Å². The van der Waals surface area contributed by atoms with Gasteiger partial charge in [-0.25, -0.2) is 9.59 Å². The lowest BCUT2D eigenvalue weighted by atomic mass is 9.47. The van der Waals surface area contributed by atoms with E-state index in [1.54, 1.807) is 27.7 Å². The van der Waals surface area contributed by atoms with Crippen molar-refractivity contribution in [2.75, 3.05) is 19.8 Å². The van der Waals surface area contributed by atoms with Crippen LogP contribution >= 0.6 is 0 Å². The highest BCUT2D eigenvalue weighted by Gasteiger charge is 2.64. The zero-order valence-corrected chi connectivity index (χ0v) is 41.5. The number of hydrogen-bond donors (Lipinski definition) is 0. The van der Waals surface area contributed by atoms with Crippen LogP contribution in [0.5, 0.6) is 0 Å². The van der Waals surface area contributed by atoms with Crippen LogP contribution in [-0.4, -0.2) is 85.5 Å². The lowest BCUT2D eigenvalue weighted by molar-refractivity contribution is -0.231. The lowest BCUT2D eigenvalue weighted by Crippen LogP contribution is -2.63. The number of cyclic esters (lactones) is 1. The zero-order chi connectivity index (χ0) is 48.3. The first-order valence-corrected chi connectivity index (χ1v) is 25.3. The first-order valence-electron chi connectivity index (χ1n) is 25.3. The molecule has 10 aliphatic rings. The largest absolute Gasteiger partial charge is 0.465 e. The van der Waals surface area contributed by atoms with Crippen molar-refractivity contribution in [3.63, 3.8) is 0 Å². The van der Waals surface area contributed by atoms with Crippen LogP contribution in [0.2, 0.25) is 0 Å². The number of fused-ring (bicyclic) bond motifs is 6. The van der Waals surface area contributed by atoms with Crippen LogP contribution in [0, 0.1) is 87.3 Å². The lowest BCUT2D eigenvalue weighted by Gasteiger charge is -2.62. The van der Waals surface area contributed by atoms with Crippen molar-refractivity contribution >= 4 is 41.8 Å². The van der Waals surface area contributed by atoms with Gasteiger partial charge >= 0.3 is 41.8 Å². The first-order chi connectivity index (χ1) is 31.0. The van der Waals surface area contributed by atoms with Crippen molar-refractivity contribution in [2.24, 2.45) is 87.3 Å². The third-order valence-electron chi connectivity index (χ3n) is 18.3. The van der Waals surface area contributed by atoms with Crippen LogP contribution in [0.4, 0.5) is 0 Å². The van der Waals surface area contributed by atoms with E-state index in [9.17, 15) is 33.6 Å². The monoisotopic (exact) mass is 927 g/mol. The van der Waals surface area contributed by atoms with E-state index in [4.69, 9.17) is 33.2 Å². The third-order valence-corrected chi connectivity index (χ3v) is 18.3. The SMILES string of the molecule is CCC(C)(C)C(=O)OC1(C(C)C)C2CC3CC(C2)CC1C3.CCC(C)(C)C(=O)OCC(=O)OC1C2CC3C(=O)OC1C3C2.CCC(C)(C)C(=O)OCC(=O)OC1CC2CC1C1C(=O)OCC21. The molecule has 8 bridgehead atoms. The third kappa shape index (κ3) is 9.51. The van der Waals surface area contributed by atoms with Gasteiger partial charge in [-0.15, -0.1) is 0 Å². The molecule has 0 spiro atoms. The fourth-order valence-electron chi connectivity index (χ4n) is 13.4. The number of rotatable bonds is 14. The molecule has 2 saturated heterocycles. The van der Waals surface area contributed by atoms with Gasteiger partial charge in [0.25, 0.3) is 0 Å². The minimum absolute atomic E-state index is 0.00636. The smallest absolute Gasteiger partial charge is 0.344 e. The van der Waals surface area contributed by atoms with Gasteiger partial charge in [-0.05, 0) is 154 Å². The van der Waals surface area contributed by atoms with Gasteiger partial charge in [-0.1, -0.05) is 34.6 Å². The van der Waals surface area contributed by atoms with Crippen molar-refractivity contribution in [1.82, 2.24) is 0 Å². The summed E-state index contributed by atoms with van der Waals surface area (Å²) in [5.74, 6) is 2.32. The molecule has 0 amide bonds. The Bertz CT molecular complexity index is 1850. The van der Waals surface area contributed by atoms with Crippen LogP contribution in [0.15, 0.2) is 0 Å². The van der Waals surface area contributed by atoms with Gasteiger partial charge in [0.2, 0.25) is 0 Å². The van der Waals surface area contributed by atoms with Gasteiger partial charge in [0.05, 0.1) is 34.7 Å². The molecule has 10 unspecified atom stereocenters. The summed E-state index contributed by atoms with van der Waals surface area (Å²) in [6, 6.07) is 0. The summed E-state index contributed by atoms with van der Waals surface area (Å²) >= 11 is 0. The van der Waals surface area contributed by atoms with Crippen LogP contribution in [0.25, 0.3) is 0 Å². The Kier molecular flexibility index (Phi) is 14.4. The highest BCUT2D eigenvalue weighted by molar-refractivity contribution is 5.81. The summed E-state index contributed by atoms with van der Waals surface area (Å²) in [5.41, 5.74) is -1.73. The minimum Gasteiger partial charge on any atom is -0.465 e. The molecule has 0 N–H and O–H groups in total. The van der Waals surface area contributed by atoms with E-state index in [0.717, 1.165) is 43.9 Å². The van der Waals surface area contributed by atoms with Crippen LogP contribution in [0.3, 0.4) is 0 Å². The molecule has 14 nitrogen and oxygen atoms in total. The summed E-state index contributed by atoms with van der Waals surface area (Å²) < 4.78 is 37.8. The molecule has 8 saturated carbocycles. The molecule has 0 aromatic heterocycles. The van der Waals surface area contributed by atoms with Crippen LogP contribution < -0.4 is 0 Å². The topological polar surface area (TPSA) is 184 Å². The zero-order valence-electron chi connectivity index (χ0n) is 41.5. The van der Waals surface area contributed by atoms with E-state index in [-0.39, 0.29) is 90.0 Å². The molecule has 2 heterocycles. The number of ether oxygens (including phenoxy) is 7. The average molecular weight is 927 g/mol. The van der Waals surface area contributed by atoms with Gasteiger partial charge in [0.1, 0.15) is 23.9 Å². The predicted molar refractivity (Wildman–Crippen MR) is 238 cm³/mol. The molecule has 370 valence electrons. The van der Waals surface area contributed by atoms with Gasteiger partial charge in [-0.2, -0.15) is 0 Å². The summed E-state index contributed by atoms with van der Waals surface area (Å²) in [6.07, 6.45) is 11.1. The fraction of sp³-hybridized carbons (Fsp3) is 0.865. The highest BCUT2D eigenvalue weighted by atomic mass is 16.6. The van der Waals surface area contributed by atoms with E-state index in [1.807, 2.05) is 27.7 Å². The summed E-state index contributed by atoms with van der Waals surface area (Å²) in [5, 5.41) is 0. The van der Waals surface area contributed by atoms with E-state index in [0.29, 0.717) is 49.0 Å². The maximum atomic E-state index is 12.8. The molecule has 10 fully saturated rings. The van der Waals surface area contributed by atoms with E-state index < -0.39 is 34.7 Å². The van der Waals surface area contributed by atoms with E-state index in [2.05, 4.69) is 20.8 Å².